The van der Waals surface area contributed by atoms with Crippen LogP contribution in [-0.4, -0.2) is 18.1 Å². The summed E-state index contributed by atoms with van der Waals surface area (Å²) in [5.41, 5.74) is 5.73. The fraction of sp³-hybridized carbons (Fsp3) is 0.0769. The Hall–Kier alpha value is -2.28. The van der Waals surface area contributed by atoms with Gasteiger partial charge in [0.15, 0.2) is 0 Å². The second-order valence-corrected chi connectivity index (χ2v) is 4.68. The first-order chi connectivity index (χ1) is 9.69. The van der Waals surface area contributed by atoms with Gasteiger partial charge >= 0.3 is 6.03 Å². The van der Waals surface area contributed by atoms with Gasteiger partial charge in [-0.05, 0) is 30.3 Å². The van der Waals surface area contributed by atoms with Crippen LogP contribution in [0, 0.1) is 0 Å². The minimum atomic E-state index is -0.424. The van der Waals surface area contributed by atoms with Gasteiger partial charge < -0.3 is 10.1 Å². The lowest BCUT2D eigenvalue weighted by Crippen LogP contribution is -2.34. The van der Waals surface area contributed by atoms with Gasteiger partial charge in [-0.2, -0.15) is 0 Å². The van der Waals surface area contributed by atoms with E-state index in [0.717, 1.165) is 4.47 Å². The highest BCUT2D eigenvalue weighted by Gasteiger charge is 2.07. The van der Waals surface area contributed by atoms with Crippen molar-refractivity contribution in [2.45, 2.75) is 0 Å². The van der Waals surface area contributed by atoms with Gasteiger partial charge in [-0.1, -0.05) is 22.0 Å². The first-order valence-electron chi connectivity index (χ1n) is 5.76. The van der Waals surface area contributed by atoms with Gasteiger partial charge in [-0.3, -0.25) is 10.9 Å². The maximum atomic E-state index is 11.8. The molecule has 0 radical (unpaired) electrons. The van der Waals surface area contributed by atoms with Gasteiger partial charge in [0, 0.05) is 10.7 Å². The third-order valence-corrected chi connectivity index (χ3v) is 2.87. The highest BCUT2D eigenvalue weighted by molar-refractivity contribution is 9.10. The molecular weight excluding hydrogens is 324 g/mol. The molecule has 1 heterocycles. The van der Waals surface area contributed by atoms with Crippen molar-refractivity contribution in [2.24, 2.45) is 0 Å². The molecule has 6 nitrogen and oxygen atoms in total. The summed E-state index contributed by atoms with van der Waals surface area (Å²) in [6.07, 6.45) is 1.62. The second kappa shape index (κ2) is 6.76. The molecule has 2 amide bonds. The van der Waals surface area contributed by atoms with Gasteiger partial charge in [0.1, 0.15) is 11.6 Å². The minimum absolute atomic E-state index is 0.424. The number of urea groups is 1. The molecule has 0 aliphatic carbocycles. The summed E-state index contributed by atoms with van der Waals surface area (Å²) in [7, 11) is 1.54. The SMILES string of the molecule is COc1ccc(Br)cc1NC(=O)NNc1ccccn1. The van der Waals surface area contributed by atoms with Crippen molar-refractivity contribution in [1.82, 2.24) is 10.4 Å². The number of ether oxygens (including phenoxy) is 1. The van der Waals surface area contributed by atoms with E-state index in [1.54, 1.807) is 37.6 Å². The lowest BCUT2D eigenvalue weighted by atomic mass is 10.3. The third kappa shape index (κ3) is 3.86. The van der Waals surface area contributed by atoms with E-state index in [-0.39, 0.29) is 0 Å². The Kier molecular flexibility index (Phi) is 4.78. The normalized spacial score (nSPS) is 9.70. The number of carbonyl (C=O) groups is 1. The molecule has 0 spiro atoms. The lowest BCUT2D eigenvalue weighted by Gasteiger charge is -2.12. The Labute approximate surface area is 124 Å². The van der Waals surface area contributed by atoms with Crippen molar-refractivity contribution in [3.63, 3.8) is 0 Å². The number of methoxy groups -OCH3 is 1. The fourth-order valence-corrected chi connectivity index (χ4v) is 1.85. The molecule has 0 unspecified atom stereocenters. The van der Waals surface area contributed by atoms with E-state index in [4.69, 9.17) is 4.74 Å². The summed E-state index contributed by atoms with van der Waals surface area (Å²) in [5.74, 6) is 1.12. The van der Waals surface area contributed by atoms with E-state index >= 15 is 0 Å². The number of pyridine rings is 1. The van der Waals surface area contributed by atoms with Crippen molar-refractivity contribution in [2.75, 3.05) is 17.9 Å². The Morgan fingerprint density at radius 2 is 2.15 bits per heavy atom. The average Bonchev–Trinajstić information content (AvgIpc) is 2.46. The zero-order valence-electron chi connectivity index (χ0n) is 10.7. The molecular formula is C13H13BrN4O2. The molecule has 1 aromatic carbocycles. The van der Waals surface area contributed by atoms with Gasteiger partial charge in [-0.15, -0.1) is 0 Å². The summed E-state index contributed by atoms with van der Waals surface area (Å²) >= 11 is 3.34. The largest absolute Gasteiger partial charge is 0.495 e. The quantitative estimate of drug-likeness (QED) is 0.750. The van der Waals surface area contributed by atoms with Crippen molar-refractivity contribution >= 4 is 33.5 Å². The Morgan fingerprint density at radius 3 is 2.85 bits per heavy atom. The molecule has 104 valence electrons. The van der Waals surface area contributed by atoms with Crippen LogP contribution in [-0.2, 0) is 0 Å². The predicted molar refractivity (Wildman–Crippen MR) is 80.7 cm³/mol. The van der Waals surface area contributed by atoms with Crippen LogP contribution in [0.1, 0.15) is 0 Å². The zero-order chi connectivity index (χ0) is 14.4. The number of halogens is 1. The topological polar surface area (TPSA) is 75.3 Å². The maximum absolute atomic E-state index is 11.8. The summed E-state index contributed by atoms with van der Waals surface area (Å²) in [6, 6.07) is 10.2. The first kappa shape index (κ1) is 14.1. The number of hydrogen-bond acceptors (Lipinski definition) is 4. The van der Waals surface area contributed by atoms with Crippen molar-refractivity contribution in [3.8, 4) is 5.75 Å². The van der Waals surface area contributed by atoms with E-state index in [1.165, 1.54) is 0 Å². The molecule has 0 atom stereocenters. The number of benzene rings is 1. The summed E-state index contributed by atoms with van der Waals surface area (Å²) in [6.45, 7) is 0. The molecule has 7 heteroatoms. The van der Waals surface area contributed by atoms with E-state index in [2.05, 4.69) is 37.1 Å². The van der Waals surface area contributed by atoms with E-state index < -0.39 is 6.03 Å². The van der Waals surface area contributed by atoms with E-state index in [0.29, 0.717) is 17.3 Å². The third-order valence-electron chi connectivity index (χ3n) is 2.38. The molecule has 0 saturated carbocycles. The number of hydrogen-bond donors (Lipinski definition) is 3. The van der Waals surface area contributed by atoms with Gasteiger partial charge in [0.2, 0.25) is 0 Å². The van der Waals surface area contributed by atoms with Crippen LogP contribution in [0.2, 0.25) is 0 Å². The molecule has 3 N–H and O–H groups in total. The molecule has 0 aliphatic heterocycles. The number of anilines is 2. The summed E-state index contributed by atoms with van der Waals surface area (Å²) in [5, 5.41) is 2.68. The second-order valence-electron chi connectivity index (χ2n) is 3.76. The van der Waals surface area contributed by atoms with Gasteiger partial charge in [-0.25, -0.2) is 9.78 Å². The van der Waals surface area contributed by atoms with Crippen LogP contribution in [0.4, 0.5) is 16.3 Å². The van der Waals surface area contributed by atoms with Crippen molar-refractivity contribution in [1.29, 1.82) is 0 Å². The Morgan fingerprint density at radius 1 is 1.30 bits per heavy atom. The number of rotatable bonds is 4. The van der Waals surface area contributed by atoms with Gasteiger partial charge in [0.25, 0.3) is 0 Å². The van der Waals surface area contributed by atoms with Crippen LogP contribution in [0.25, 0.3) is 0 Å². The van der Waals surface area contributed by atoms with E-state index in [1.807, 2.05) is 12.1 Å². The molecule has 20 heavy (non-hydrogen) atoms. The summed E-state index contributed by atoms with van der Waals surface area (Å²) in [4.78, 5) is 15.8. The van der Waals surface area contributed by atoms with Crippen LogP contribution >= 0.6 is 15.9 Å². The Balaban J connectivity index is 1.96. The molecule has 0 saturated heterocycles. The van der Waals surface area contributed by atoms with Crippen LogP contribution < -0.4 is 20.9 Å². The molecule has 0 aliphatic rings. The molecule has 0 fully saturated rings. The lowest BCUT2D eigenvalue weighted by molar-refractivity contribution is 0.253. The van der Waals surface area contributed by atoms with Crippen LogP contribution in [0.3, 0.4) is 0 Å². The van der Waals surface area contributed by atoms with Gasteiger partial charge in [0.05, 0.1) is 12.8 Å². The maximum Gasteiger partial charge on any atom is 0.338 e. The van der Waals surface area contributed by atoms with Crippen molar-refractivity contribution in [3.05, 3.63) is 47.1 Å². The number of nitrogens with zero attached hydrogens (tertiary/aromatic N) is 1. The smallest absolute Gasteiger partial charge is 0.338 e. The fourth-order valence-electron chi connectivity index (χ4n) is 1.49. The van der Waals surface area contributed by atoms with Crippen LogP contribution in [0.15, 0.2) is 47.1 Å². The summed E-state index contributed by atoms with van der Waals surface area (Å²) < 4.78 is 6.01. The molecule has 0 bridgehead atoms. The van der Waals surface area contributed by atoms with Crippen LogP contribution in [0.5, 0.6) is 5.75 Å². The minimum Gasteiger partial charge on any atom is -0.495 e. The number of carbonyl (C=O) groups excluding carboxylic acids is 1. The predicted octanol–water partition coefficient (Wildman–Crippen LogP) is 3.00. The monoisotopic (exact) mass is 336 g/mol. The molecule has 2 rings (SSSR count). The number of hydrazine groups is 1. The average molecular weight is 337 g/mol. The number of amides is 2. The number of nitrogens with one attached hydrogen (secondary N) is 3. The Bertz CT molecular complexity index is 592. The van der Waals surface area contributed by atoms with Crippen molar-refractivity contribution < 1.29 is 9.53 Å². The first-order valence-corrected chi connectivity index (χ1v) is 6.56. The highest BCUT2D eigenvalue weighted by Crippen LogP contribution is 2.27. The zero-order valence-corrected chi connectivity index (χ0v) is 12.3. The highest BCUT2D eigenvalue weighted by atomic mass is 79.9. The number of aromatic nitrogens is 1. The van der Waals surface area contributed by atoms with E-state index in [9.17, 15) is 4.79 Å². The standard InChI is InChI=1S/C13H13BrN4O2/c1-20-11-6-5-9(14)8-10(11)16-13(19)18-17-12-4-2-3-7-15-12/h2-8H,1H3,(H,15,17)(H2,16,18,19). The molecule has 1 aromatic heterocycles. The molecule has 2 aromatic rings.